The monoisotopic (exact) mass is 102 g/mol. The van der Waals surface area contributed by atoms with Crippen molar-refractivity contribution in [3.05, 3.63) is 0 Å². The molecule has 2 nitrogen and oxygen atoms in total. The van der Waals surface area contributed by atoms with E-state index in [1.807, 2.05) is 6.92 Å². The Morgan fingerprint density at radius 1 is 1.86 bits per heavy atom. The first-order valence-electron chi connectivity index (χ1n) is 2.42. The Morgan fingerprint density at radius 3 is 2.29 bits per heavy atom. The lowest BCUT2D eigenvalue weighted by molar-refractivity contribution is 0.0516. The van der Waals surface area contributed by atoms with E-state index in [0.717, 1.165) is 6.42 Å². The fourth-order valence-corrected chi connectivity index (χ4v) is 0.544. The van der Waals surface area contributed by atoms with Crippen molar-refractivity contribution < 1.29 is 9.84 Å². The molecule has 7 heavy (non-hydrogen) atoms. The van der Waals surface area contributed by atoms with Gasteiger partial charge in [-0.05, 0) is 6.92 Å². The van der Waals surface area contributed by atoms with Gasteiger partial charge in [-0.3, -0.25) is 0 Å². The van der Waals surface area contributed by atoms with Crippen LogP contribution in [0.5, 0.6) is 0 Å². The van der Waals surface area contributed by atoms with Gasteiger partial charge in [-0.1, -0.05) is 0 Å². The number of methoxy groups -OCH3 is 1. The van der Waals surface area contributed by atoms with Crippen LogP contribution in [0, 0.1) is 0 Å². The summed E-state index contributed by atoms with van der Waals surface area (Å²) in [6.07, 6.45) is 0.584. The Balaban J connectivity index is 2.36. The molecule has 1 aliphatic carbocycles. The fraction of sp³-hybridized carbons (Fsp3) is 1.00. The minimum atomic E-state index is -0.211. The van der Waals surface area contributed by atoms with Gasteiger partial charge in [-0.15, -0.1) is 0 Å². The van der Waals surface area contributed by atoms with E-state index in [4.69, 9.17) is 9.84 Å². The van der Waals surface area contributed by atoms with Crippen LogP contribution < -0.4 is 0 Å². The largest absolute Gasteiger partial charge is 0.390 e. The number of hydrogen-bond donors (Lipinski definition) is 1. The van der Waals surface area contributed by atoms with Gasteiger partial charge in [0.25, 0.3) is 0 Å². The second-order valence-electron chi connectivity index (χ2n) is 2.24. The van der Waals surface area contributed by atoms with Gasteiger partial charge >= 0.3 is 0 Å². The van der Waals surface area contributed by atoms with E-state index in [2.05, 4.69) is 0 Å². The van der Waals surface area contributed by atoms with Gasteiger partial charge in [0.15, 0.2) is 0 Å². The third-order valence-electron chi connectivity index (χ3n) is 1.61. The first-order valence-corrected chi connectivity index (χ1v) is 2.42. The van der Waals surface area contributed by atoms with E-state index in [1.54, 1.807) is 7.11 Å². The third kappa shape index (κ3) is 0.640. The molecule has 1 aliphatic rings. The van der Waals surface area contributed by atoms with Crippen LogP contribution in [0.15, 0.2) is 0 Å². The molecule has 0 aliphatic heterocycles. The Hall–Kier alpha value is -0.0800. The van der Waals surface area contributed by atoms with Crippen molar-refractivity contribution in [1.82, 2.24) is 0 Å². The molecule has 42 valence electrons. The molecule has 0 amide bonds. The van der Waals surface area contributed by atoms with Crippen LogP contribution in [0.2, 0.25) is 0 Å². The summed E-state index contributed by atoms with van der Waals surface area (Å²) in [5.74, 6) is 0. The molecule has 0 heterocycles. The summed E-state index contributed by atoms with van der Waals surface area (Å²) in [7, 11) is 1.62. The highest BCUT2D eigenvalue weighted by Gasteiger charge is 2.49. The van der Waals surface area contributed by atoms with Crippen LogP contribution in [-0.2, 0) is 4.74 Å². The lowest BCUT2D eigenvalue weighted by Gasteiger charge is -2.02. The van der Waals surface area contributed by atoms with Gasteiger partial charge in [0.1, 0.15) is 0 Å². The van der Waals surface area contributed by atoms with Crippen molar-refractivity contribution in [2.45, 2.75) is 25.0 Å². The number of aliphatic hydroxyl groups is 1. The minimum Gasteiger partial charge on any atom is -0.390 e. The zero-order chi connectivity index (χ0) is 5.49. The topological polar surface area (TPSA) is 29.5 Å². The molecule has 0 saturated heterocycles. The summed E-state index contributed by atoms with van der Waals surface area (Å²) in [5, 5.41) is 8.76. The standard InChI is InChI=1S/C5H10O2/c1-5(7-2)3-4(5)6/h4,6H,3H2,1-2H3. The van der Waals surface area contributed by atoms with Crippen LogP contribution in [0.25, 0.3) is 0 Å². The highest BCUT2D eigenvalue weighted by atomic mass is 16.5. The van der Waals surface area contributed by atoms with E-state index in [9.17, 15) is 0 Å². The summed E-state index contributed by atoms with van der Waals surface area (Å²) >= 11 is 0. The lowest BCUT2D eigenvalue weighted by Crippen LogP contribution is -2.10. The van der Waals surface area contributed by atoms with Crippen molar-refractivity contribution >= 4 is 0 Å². The Labute approximate surface area is 43.1 Å². The number of aliphatic hydroxyl groups excluding tert-OH is 1. The molecule has 1 rings (SSSR count). The Morgan fingerprint density at radius 2 is 2.29 bits per heavy atom. The van der Waals surface area contributed by atoms with Crippen molar-refractivity contribution in [3.63, 3.8) is 0 Å². The average Bonchev–Trinajstić information content (AvgIpc) is 2.18. The van der Waals surface area contributed by atoms with E-state index in [-0.39, 0.29) is 11.7 Å². The fourth-order valence-electron chi connectivity index (χ4n) is 0.544. The molecule has 2 unspecified atom stereocenters. The van der Waals surface area contributed by atoms with E-state index in [0.29, 0.717) is 0 Å². The molecular weight excluding hydrogens is 92.1 g/mol. The molecule has 1 fully saturated rings. The molecular formula is C5H10O2. The van der Waals surface area contributed by atoms with Gasteiger partial charge in [0, 0.05) is 13.5 Å². The maximum atomic E-state index is 8.76. The third-order valence-corrected chi connectivity index (χ3v) is 1.61. The number of hydrogen-bond acceptors (Lipinski definition) is 2. The SMILES string of the molecule is COC1(C)CC1O. The Kier molecular flexibility index (Phi) is 0.869. The molecule has 0 aromatic carbocycles. The maximum Gasteiger partial charge on any atom is 0.0935 e. The van der Waals surface area contributed by atoms with Gasteiger partial charge in [0.2, 0.25) is 0 Å². The van der Waals surface area contributed by atoms with Crippen LogP contribution in [0.1, 0.15) is 13.3 Å². The van der Waals surface area contributed by atoms with Crippen LogP contribution in [0.3, 0.4) is 0 Å². The van der Waals surface area contributed by atoms with Crippen LogP contribution in [-0.4, -0.2) is 23.9 Å². The van der Waals surface area contributed by atoms with Gasteiger partial charge < -0.3 is 9.84 Å². The molecule has 0 aromatic rings. The summed E-state index contributed by atoms with van der Waals surface area (Å²) < 4.78 is 4.91. The van der Waals surface area contributed by atoms with Crippen molar-refractivity contribution in [2.75, 3.05) is 7.11 Å². The maximum absolute atomic E-state index is 8.76. The molecule has 1 N–H and O–H groups in total. The zero-order valence-corrected chi connectivity index (χ0v) is 4.64. The molecule has 0 spiro atoms. The highest BCUT2D eigenvalue weighted by molar-refractivity contribution is 5.01. The van der Waals surface area contributed by atoms with Crippen LogP contribution in [0.4, 0.5) is 0 Å². The van der Waals surface area contributed by atoms with Crippen molar-refractivity contribution in [2.24, 2.45) is 0 Å². The first kappa shape index (κ1) is 5.06. The van der Waals surface area contributed by atoms with E-state index < -0.39 is 0 Å². The normalized spacial score (nSPS) is 49.3. The van der Waals surface area contributed by atoms with E-state index >= 15 is 0 Å². The Bertz CT molecular complexity index is 78.1. The van der Waals surface area contributed by atoms with Gasteiger partial charge in [-0.25, -0.2) is 0 Å². The second-order valence-corrected chi connectivity index (χ2v) is 2.24. The van der Waals surface area contributed by atoms with Crippen LogP contribution >= 0.6 is 0 Å². The summed E-state index contributed by atoms with van der Waals surface area (Å²) in [6.45, 7) is 1.90. The predicted octanol–water partition coefficient (Wildman–Crippen LogP) is 0.156. The zero-order valence-electron chi connectivity index (χ0n) is 4.64. The summed E-state index contributed by atoms with van der Waals surface area (Å²) in [6, 6.07) is 0. The minimum absolute atomic E-state index is 0.194. The molecule has 0 bridgehead atoms. The predicted molar refractivity (Wildman–Crippen MR) is 26.0 cm³/mol. The first-order chi connectivity index (χ1) is 3.19. The second kappa shape index (κ2) is 1.20. The molecule has 0 radical (unpaired) electrons. The molecule has 2 atom stereocenters. The average molecular weight is 102 g/mol. The van der Waals surface area contributed by atoms with Crippen molar-refractivity contribution in [1.29, 1.82) is 0 Å². The van der Waals surface area contributed by atoms with E-state index in [1.165, 1.54) is 0 Å². The smallest absolute Gasteiger partial charge is 0.0935 e. The molecule has 0 aromatic heterocycles. The number of ether oxygens (including phenoxy) is 1. The quantitative estimate of drug-likeness (QED) is 0.511. The van der Waals surface area contributed by atoms with Gasteiger partial charge in [0.05, 0.1) is 11.7 Å². The van der Waals surface area contributed by atoms with Crippen molar-refractivity contribution in [3.8, 4) is 0 Å². The molecule has 1 saturated carbocycles. The molecule has 2 heteroatoms. The summed E-state index contributed by atoms with van der Waals surface area (Å²) in [5.41, 5.74) is -0.194. The highest BCUT2D eigenvalue weighted by Crippen LogP contribution is 2.38. The number of rotatable bonds is 1. The summed E-state index contributed by atoms with van der Waals surface area (Å²) in [4.78, 5) is 0. The van der Waals surface area contributed by atoms with Gasteiger partial charge in [-0.2, -0.15) is 0 Å². The lowest BCUT2D eigenvalue weighted by atomic mass is 10.4.